The number of carbonyl (C=O) groups excluding carboxylic acids is 1. The van der Waals surface area contributed by atoms with Crippen LogP contribution in [0, 0.1) is 5.92 Å². The van der Waals surface area contributed by atoms with Gasteiger partial charge in [0.25, 0.3) is 0 Å². The molecule has 0 heterocycles. The van der Waals surface area contributed by atoms with Gasteiger partial charge >= 0.3 is 0 Å². The second-order valence-electron chi connectivity index (χ2n) is 4.50. The van der Waals surface area contributed by atoms with Gasteiger partial charge in [-0.1, -0.05) is 32.1 Å². The highest BCUT2D eigenvalue weighted by Crippen LogP contribution is 2.26. The minimum absolute atomic E-state index is 0.226. The third-order valence-electron chi connectivity index (χ3n) is 3.07. The number of amides is 1. The molecular formula is C11H22N2O. The van der Waals surface area contributed by atoms with Crippen LogP contribution in [0.25, 0.3) is 0 Å². The Labute approximate surface area is 86.6 Å². The van der Waals surface area contributed by atoms with Crippen LogP contribution in [-0.4, -0.2) is 30.9 Å². The van der Waals surface area contributed by atoms with Gasteiger partial charge in [-0.15, -0.1) is 0 Å². The van der Waals surface area contributed by atoms with Crippen molar-refractivity contribution in [3.8, 4) is 0 Å². The monoisotopic (exact) mass is 198 g/mol. The van der Waals surface area contributed by atoms with Crippen LogP contribution in [0.3, 0.4) is 0 Å². The predicted octanol–water partition coefficient (Wildman–Crippen LogP) is 1.37. The molecule has 0 radical (unpaired) electrons. The summed E-state index contributed by atoms with van der Waals surface area (Å²) in [6.45, 7) is 1.40. The standard InChI is InChI=1S/C11H22N2O/c1-13(9-11(12)14)8-7-10-5-3-2-4-6-10/h10H,2-9H2,1H3,(H2,12,14). The zero-order chi connectivity index (χ0) is 10.4. The maximum absolute atomic E-state index is 10.6. The predicted molar refractivity (Wildman–Crippen MR) is 57.9 cm³/mol. The van der Waals surface area contributed by atoms with Crippen molar-refractivity contribution in [2.75, 3.05) is 20.1 Å². The highest BCUT2D eigenvalue weighted by molar-refractivity contribution is 5.75. The van der Waals surface area contributed by atoms with Gasteiger partial charge in [0, 0.05) is 0 Å². The first-order chi connectivity index (χ1) is 6.68. The summed E-state index contributed by atoms with van der Waals surface area (Å²) < 4.78 is 0. The van der Waals surface area contributed by atoms with Crippen LogP contribution in [-0.2, 0) is 4.79 Å². The third kappa shape index (κ3) is 4.61. The van der Waals surface area contributed by atoms with Crippen molar-refractivity contribution in [3.05, 3.63) is 0 Å². The molecule has 0 aromatic rings. The lowest BCUT2D eigenvalue weighted by Gasteiger charge is -2.23. The van der Waals surface area contributed by atoms with Crippen LogP contribution in [0.4, 0.5) is 0 Å². The first-order valence-electron chi connectivity index (χ1n) is 5.65. The first-order valence-corrected chi connectivity index (χ1v) is 5.65. The van der Waals surface area contributed by atoms with E-state index < -0.39 is 0 Å². The van der Waals surface area contributed by atoms with Gasteiger partial charge in [-0.2, -0.15) is 0 Å². The Morgan fingerprint density at radius 2 is 2.00 bits per heavy atom. The van der Waals surface area contributed by atoms with Crippen molar-refractivity contribution in [1.29, 1.82) is 0 Å². The normalized spacial score (nSPS) is 18.7. The van der Waals surface area contributed by atoms with Gasteiger partial charge < -0.3 is 5.73 Å². The molecule has 1 fully saturated rings. The Morgan fingerprint density at radius 1 is 1.36 bits per heavy atom. The zero-order valence-corrected chi connectivity index (χ0v) is 9.17. The molecule has 1 aliphatic rings. The molecule has 14 heavy (non-hydrogen) atoms. The molecular weight excluding hydrogens is 176 g/mol. The van der Waals surface area contributed by atoms with Gasteiger partial charge in [-0.25, -0.2) is 0 Å². The molecule has 3 heteroatoms. The molecule has 1 rings (SSSR count). The summed E-state index contributed by atoms with van der Waals surface area (Å²) in [6, 6.07) is 0. The van der Waals surface area contributed by atoms with Crippen LogP contribution in [0.15, 0.2) is 0 Å². The second kappa shape index (κ2) is 6.02. The van der Waals surface area contributed by atoms with E-state index in [0.29, 0.717) is 6.54 Å². The van der Waals surface area contributed by atoms with E-state index >= 15 is 0 Å². The van der Waals surface area contributed by atoms with E-state index in [-0.39, 0.29) is 5.91 Å². The Bertz CT molecular complexity index is 176. The van der Waals surface area contributed by atoms with Crippen LogP contribution in [0.5, 0.6) is 0 Å². The van der Waals surface area contributed by atoms with E-state index in [4.69, 9.17) is 5.73 Å². The number of primary amides is 1. The summed E-state index contributed by atoms with van der Waals surface area (Å²) in [4.78, 5) is 12.7. The summed E-state index contributed by atoms with van der Waals surface area (Å²) in [5.41, 5.74) is 5.12. The quantitative estimate of drug-likeness (QED) is 0.725. The Kier molecular flexibility index (Phi) is 4.94. The molecule has 0 aromatic heterocycles. The lowest BCUT2D eigenvalue weighted by Crippen LogP contribution is -2.32. The van der Waals surface area contributed by atoms with Crippen molar-refractivity contribution >= 4 is 5.91 Å². The second-order valence-corrected chi connectivity index (χ2v) is 4.50. The molecule has 0 aliphatic heterocycles. The largest absolute Gasteiger partial charge is 0.369 e. The van der Waals surface area contributed by atoms with E-state index in [2.05, 4.69) is 0 Å². The van der Waals surface area contributed by atoms with Crippen LogP contribution in [0.1, 0.15) is 38.5 Å². The topological polar surface area (TPSA) is 46.3 Å². The van der Waals surface area contributed by atoms with Crippen molar-refractivity contribution in [2.24, 2.45) is 11.7 Å². The summed E-state index contributed by atoms with van der Waals surface area (Å²) in [6.07, 6.45) is 8.18. The molecule has 0 aromatic carbocycles. The van der Waals surface area contributed by atoms with Crippen molar-refractivity contribution in [1.82, 2.24) is 4.90 Å². The molecule has 82 valence electrons. The smallest absolute Gasteiger partial charge is 0.231 e. The van der Waals surface area contributed by atoms with Crippen molar-refractivity contribution in [2.45, 2.75) is 38.5 Å². The maximum atomic E-state index is 10.6. The fraction of sp³-hybridized carbons (Fsp3) is 0.909. The SMILES string of the molecule is CN(CCC1CCCCC1)CC(N)=O. The minimum atomic E-state index is -0.226. The number of hydrogen-bond acceptors (Lipinski definition) is 2. The average Bonchev–Trinajstić information content (AvgIpc) is 2.15. The number of nitrogens with two attached hydrogens (primary N) is 1. The van der Waals surface area contributed by atoms with Gasteiger partial charge in [-0.05, 0) is 25.9 Å². The number of hydrogen-bond donors (Lipinski definition) is 1. The summed E-state index contributed by atoms with van der Waals surface area (Å²) in [5.74, 6) is 0.662. The number of carbonyl (C=O) groups is 1. The van der Waals surface area contributed by atoms with Crippen molar-refractivity contribution in [3.63, 3.8) is 0 Å². The van der Waals surface area contributed by atoms with E-state index in [0.717, 1.165) is 12.5 Å². The van der Waals surface area contributed by atoms with Crippen LogP contribution < -0.4 is 5.73 Å². The highest BCUT2D eigenvalue weighted by Gasteiger charge is 2.14. The maximum Gasteiger partial charge on any atom is 0.231 e. The average molecular weight is 198 g/mol. The van der Waals surface area contributed by atoms with Crippen molar-refractivity contribution < 1.29 is 4.79 Å². The summed E-state index contributed by atoms with van der Waals surface area (Å²) in [7, 11) is 1.97. The summed E-state index contributed by atoms with van der Waals surface area (Å²) >= 11 is 0. The van der Waals surface area contributed by atoms with Gasteiger partial charge in [0.2, 0.25) is 5.91 Å². The Morgan fingerprint density at radius 3 is 2.57 bits per heavy atom. The van der Waals surface area contributed by atoms with E-state index in [1.54, 1.807) is 0 Å². The molecule has 2 N–H and O–H groups in total. The van der Waals surface area contributed by atoms with E-state index in [1.807, 2.05) is 11.9 Å². The minimum Gasteiger partial charge on any atom is -0.369 e. The molecule has 0 spiro atoms. The van der Waals surface area contributed by atoms with Gasteiger partial charge in [-0.3, -0.25) is 9.69 Å². The number of rotatable bonds is 5. The number of likely N-dealkylation sites (N-methyl/N-ethyl adjacent to an activating group) is 1. The zero-order valence-electron chi connectivity index (χ0n) is 9.17. The molecule has 3 nitrogen and oxygen atoms in total. The lowest BCUT2D eigenvalue weighted by molar-refractivity contribution is -0.118. The molecule has 1 saturated carbocycles. The Balaban J connectivity index is 2.09. The summed E-state index contributed by atoms with van der Waals surface area (Å²) in [5, 5.41) is 0. The van der Waals surface area contributed by atoms with Crippen LogP contribution >= 0.6 is 0 Å². The molecule has 0 saturated heterocycles. The van der Waals surface area contributed by atoms with E-state index in [1.165, 1.54) is 38.5 Å². The van der Waals surface area contributed by atoms with Gasteiger partial charge in [0.15, 0.2) is 0 Å². The highest BCUT2D eigenvalue weighted by atomic mass is 16.1. The third-order valence-corrected chi connectivity index (χ3v) is 3.07. The molecule has 0 unspecified atom stereocenters. The van der Waals surface area contributed by atoms with E-state index in [9.17, 15) is 4.79 Å². The van der Waals surface area contributed by atoms with Crippen LogP contribution in [0.2, 0.25) is 0 Å². The molecule has 0 bridgehead atoms. The first kappa shape index (κ1) is 11.5. The van der Waals surface area contributed by atoms with Gasteiger partial charge in [0.1, 0.15) is 0 Å². The molecule has 1 aliphatic carbocycles. The molecule has 1 amide bonds. The lowest BCUT2D eigenvalue weighted by atomic mass is 9.87. The fourth-order valence-corrected chi connectivity index (χ4v) is 2.22. The fourth-order valence-electron chi connectivity index (χ4n) is 2.22. The van der Waals surface area contributed by atoms with Gasteiger partial charge in [0.05, 0.1) is 6.54 Å². The number of nitrogens with zero attached hydrogens (tertiary/aromatic N) is 1. The molecule has 0 atom stereocenters. The Hall–Kier alpha value is -0.570.